The number of carbonyl (C=O) groups excluding carboxylic acids is 3. The van der Waals surface area contributed by atoms with Crippen LogP contribution < -0.4 is 5.32 Å². The smallest absolute Gasteiger partial charge is 0.407 e. The van der Waals surface area contributed by atoms with E-state index in [-0.39, 0.29) is 25.1 Å². The van der Waals surface area contributed by atoms with Crippen LogP contribution in [0.15, 0.2) is 24.3 Å². The maximum absolute atomic E-state index is 13.0. The van der Waals surface area contributed by atoms with Crippen molar-refractivity contribution >= 4 is 39.6 Å². The third kappa shape index (κ3) is 43.5. The number of unbranched alkanes of at least 4 members (excludes halogenated alkanes) is 22. The highest BCUT2D eigenvalue weighted by molar-refractivity contribution is 8.76. The van der Waals surface area contributed by atoms with Gasteiger partial charge in [-0.1, -0.05) is 188 Å². The first kappa shape index (κ1) is 66.4. The second-order valence-electron chi connectivity index (χ2n) is 21.0. The van der Waals surface area contributed by atoms with Crippen molar-refractivity contribution in [2.24, 2.45) is 0 Å². The minimum Gasteiger partial charge on any atom is -0.462 e. The fraction of sp³-hybridized carbons (Fsp3) is 0.883. The van der Waals surface area contributed by atoms with E-state index in [9.17, 15) is 14.4 Å². The Morgan fingerprint density at radius 1 is 0.500 bits per heavy atom. The molecule has 2 aliphatic rings. The topological polar surface area (TPSA) is 101 Å². The molecule has 0 aromatic rings. The van der Waals surface area contributed by atoms with E-state index in [2.05, 4.69) is 58.2 Å². The number of hydrogen-bond acceptors (Lipinski definition) is 11. The van der Waals surface area contributed by atoms with Gasteiger partial charge >= 0.3 is 18.0 Å². The van der Waals surface area contributed by atoms with E-state index in [1.165, 1.54) is 200 Å². The molecular weight excluding hydrogens is 937 g/mol. The zero-order chi connectivity index (χ0) is 51.5. The van der Waals surface area contributed by atoms with Gasteiger partial charge in [-0.25, -0.2) is 4.79 Å². The maximum atomic E-state index is 13.0. The van der Waals surface area contributed by atoms with Crippen molar-refractivity contribution < 1.29 is 28.6 Å². The van der Waals surface area contributed by atoms with Crippen LogP contribution in [-0.4, -0.2) is 129 Å². The quantitative estimate of drug-likeness (QED) is 0.0207. The molecule has 72 heavy (non-hydrogen) atoms. The molecule has 2 heterocycles. The molecule has 0 aromatic heterocycles. The molecular formula is C60H112N4O6S2. The molecule has 0 spiro atoms. The Bertz CT molecular complexity index is 1270. The predicted molar refractivity (Wildman–Crippen MR) is 310 cm³/mol. The Labute approximate surface area is 451 Å². The lowest BCUT2D eigenvalue weighted by Gasteiger charge is -2.29. The van der Waals surface area contributed by atoms with E-state index in [0.717, 1.165) is 83.2 Å². The lowest BCUT2D eigenvalue weighted by Crippen LogP contribution is -2.41. The zero-order valence-corrected chi connectivity index (χ0v) is 48.5. The number of esters is 2. The molecule has 10 nitrogen and oxygen atoms in total. The van der Waals surface area contributed by atoms with Crippen LogP contribution in [-0.2, 0) is 23.8 Å². The number of carbonyl (C=O) groups is 3. The fourth-order valence-electron chi connectivity index (χ4n) is 9.64. The van der Waals surface area contributed by atoms with Crippen LogP contribution in [0.3, 0.4) is 0 Å². The van der Waals surface area contributed by atoms with Crippen LogP contribution in [0.25, 0.3) is 0 Å². The number of rotatable bonds is 48. The molecule has 2 aliphatic heterocycles. The van der Waals surface area contributed by atoms with Crippen molar-refractivity contribution in [3.63, 3.8) is 0 Å². The molecule has 1 atom stereocenters. The van der Waals surface area contributed by atoms with Crippen LogP contribution in [0.5, 0.6) is 0 Å². The van der Waals surface area contributed by atoms with Gasteiger partial charge in [0.15, 0.2) is 6.10 Å². The molecule has 420 valence electrons. The normalized spacial score (nSPS) is 15.5. The number of amides is 1. The van der Waals surface area contributed by atoms with E-state index in [1.807, 2.05) is 10.8 Å². The van der Waals surface area contributed by atoms with Gasteiger partial charge < -0.3 is 29.3 Å². The monoisotopic (exact) mass is 1050 g/mol. The fourth-order valence-corrected chi connectivity index (χ4v) is 11.5. The minimum atomic E-state index is -0.766. The average molecular weight is 1050 g/mol. The summed E-state index contributed by atoms with van der Waals surface area (Å²) in [6.45, 7) is 15.4. The summed E-state index contributed by atoms with van der Waals surface area (Å²) in [5.41, 5.74) is 0. The van der Waals surface area contributed by atoms with Crippen LogP contribution >= 0.6 is 21.6 Å². The predicted octanol–water partition coefficient (Wildman–Crippen LogP) is 15.7. The third-order valence-corrected chi connectivity index (χ3v) is 16.7. The van der Waals surface area contributed by atoms with E-state index in [0.29, 0.717) is 25.2 Å². The molecule has 12 heteroatoms. The van der Waals surface area contributed by atoms with Crippen molar-refractivity contribution in [2.75, 3.05) is 90.2 Å². The second kappa shape index (κ2) is 51.4. The van der Waals surface area contributed by atoms with Gasteiger partial charge in [0.25, 0.3) is 0 Å². The van der Waals surface area contributed by atoms with Crippen LogP contribution in [0.2, 0.25) is 0 Å². The van der Waals surface area contributed by atoms with Crippen molar-refractivity contribution in [1.82, 2.24) is 20.0 Å². The number of alkyl carbamates (subject to hydrolysis) is 1. The number of hydrogen-bond donors (Lipinski definition) is 1. The molecule has 1 amide bonds. The van der Waals surface area contributed by atoms with Gasteiger partial charge in [-0.2, -0.15) is 0 Å². The van der Waals surface area contributed by atoms with E-state index < -0.39 is 12.2 Å². The molecule has 0 radical (unpaired) electrons. The minimum absolute atomic E-state index is 0.0320. The second-order valence-corrected chi connectivity index (χ2v) is 23.7. The Hall–Kier alpha value is -1.73. The van der Waals surface area contributed by atoms with Crippen LogP contribution in [0.1, 0.15) is 245 Å². The van der Waals surface area contributed by atoms with Gasteiger partial charge in [0.05, 0.1) is 6.54 Å². The SMILES string of the molecule is CCCCCCCC/C=C\CCCCCCCC(=O)OCC(CNC(=O)OCCSSCCN(CCN1CCCCCC1)CCN1CCCCCC1)OC(=O)CCCCCCC/C=C\CCCCCCCC. The van der Waals surface area contributed by atoms with Gasteiger partial charge in [-0.05, 0) is 116 Å². The highest BCUT2D eigenvalue weighted by Crippen LogP contribution is 2.21. The summed E-state index contributed by atoms with van der Waals surface area (Å²) in [6.07, 6.45) is 50.7. The molecule has 2 fully saturated rings. The lowest BCUT2D eigenvalue weighted by atomic mass is 10.1. The number of ether oxygens (including phenoxy) is 3. The van der Waals surface area contributed by atoms with Gasteiger partial charge in [-0.3, -0.25) is 14.5 Å². The average Bonchev–Trinajstić information content (AvgIpc) is 3.83. The third-order valence-electron chi connectivity index (χ3n) is 14.3. The Morgan fingerprint density at radius 3 is 1.39 bits per heavy atom. The van der Waals surface area contributed by atoms with Gasteiger partial charge in [0.1, 0.15) is 13.2 Å². The zero-order valence-electron chi connectivity index (χ0n) is 46.8. The van der Waals surface area contributed by atoms with Gasteiger partial charge in [0.2, 0.25) is 0 Å². The first-order chi connectivity index (χ1) is 35.5. The standard InChI is InChI=1S/C60H112N4O6S2/c1-3-5-7-9-11-13-15-17-19-21-23-25-27-29-35-41-58(65)69-56-57(70-59(66)42-36-30-28-26-24-22-20-18-16-14-12-10-8-6-4-2)55-61-60(67)68-52-54-72-71-53-51-64(49-47-62-43-37-31-32-38-44-62)50-48-63-45-39-33-34-40-46-63/h17-20,57H,3-16,21-56H2,1-2H3,(H,61,67)/b19-17-,20-18-. The molecule has 0 aliphatic carbocycles. The van der Waals surface area contributed by atoms with E-state index in [4.69, 9.17) is 14.2 Å². The largest absolute Gasteiger partial charge is 0.462 e. The highest BCUT2D eigenvalue weighted by atomic mass is 33.1. The van der Waals surface area contributed by atoms with E-state index >= 15 is 0 Å². The van der Waals surface area contributed by atoms with Crippen molar-refractivity contribution in [1.29, 1.82) is 0 Å². The number of nitrogens with one attached hydrogen (secondary N) is 1. The van der Waals surface area contributed by atoms with Crippen molar-refractivity contribution in [3.8, 4) is 0 Å². The summed E-state index contributed by atoms with van der Waals surface area (Å²) in [5.74, 6) is 1.12. The molecule has 0 saturated carbocycles. The summed E-state index contributed by atoms with van der Waals surface area (Å²) in [4.78, 5) is 46.5. The number of nitrogens with zero attached hydrogens (tertiary/aromatic N) is 3. The van der Waals surface area contributed by atoms with Crippen molar-refractivity contribution in [2.45, 2.75) is 251 Å². The van der Waals surface area contributed by atoms with Gasteiger partial charge in [-0.15, -0.1) is 0 Å². The summed E-state index contributed by atoms with van der Waals surface area (Å²) in [6, 6.07) is 0. The summed E-state index contributed by atoms with van der Waals surface area (Å²) in [5, 5.41) is 2.77. The first-order valence-electron chi connectivity index (χ1n) is 30.5. The Balaban J connectivity index is 1.68. The molecule has 1 N–H and O–H groups in total. The van der Waals surface area contributed by atoms with Crippen LogP contribution in [0, 0.1) is 0 Å². The Kier molecular flexibility index (Phi) is 47.4. The summed E-state index contributed by atoms with van der Waals surface area (Å²) < 4.78 is 16.9. The van der Waals surface area contributed by atoms with Crippen LogP contribution in [0.4, 0.5) is 4.79 Å². The lowest BCUT2D eigenvalue weighted by molar-refractivity contribution is -0.158. The summed E-state index contributed by atoms with van der Waals surface area (Å²) in [7, 11) is 3.60. The number of allylic oxidation sites excluding steroid dienone is 4. The molecule has 0 aromatic carbocycles. The first-order valence-corrected chi connectivity index (χ1v) is 33.0. The Morgan fingerprint density at radius 2 is 0.917 bits per heavy atom. The van der Waals surface area contributed by atoms with E-state index in [1.54, 1.807) is 10.8 Å². The number of likely N-dealkylation sites (tertiary alicyclic amines) is 2. The maximum Gasteiger partial charge on any atom is 0.407 e. The van der Waals surface area contributed by atoms with Crippen molar-refractivity contribution in [3.05, 3.63) is 24.3 Å². The van der Waals surface area contributed by atoms with Gasteiger partial charge in [0, 0.05) is 57.1 Å². The molecule has 2 rings (SSSR count). The highest BCUT2D eigenvalue weighted by Gasteiger charge is 2.19. The molecule has 2 saturated heterocycles. The molecule has 0 bridgehead atoms. The summed E-state index contributed by atoms with van der Waals surface area (Å²) >= 11 is 0. The molecule has 1 unspecified atom stereocenters.